The molecule has 0 aliphatic rings. The Bertz CT molecular complexity index is 1070. The van der Waals surface area contributed by atoms with Gasteiger partial charge in [-0.25, -0.2) is 13.4 Å². The summed E-state index contributed by atoms with van der Waals surface area (Å²) in [5.74, 6) is 0. The van der Waals surface area contributed by atoms with Crippen LogP contribution in [-0.4, -0.2) is 18.3 Å². The average molecular weight is 404 g/mol. The third kappa shape index (κ3) is 3.29. The minimum absolute atomic E-state index is 0.130. The van der Waals surface area contributed by atoms with Crippen molar-refractivity contribution in [3.63, 3.8) is 0 Å². The minimum Gasteiger partial charge on any atom is -0.258 e. The highest BCUT2D eigenvalue weighted by molar-refractivity contribution is 7.93. The number of aromatic nitrogens is 1. The molecule has 24 heavy (non-hydrogen) atoms. The van der Waals surface area contributed by atoms with Crippen LogP contribution in [0.5, 0.6) is 0 Å². The number of hydrogen-bond donors (Lipinski definition) is 1. The number of nitrogens with one attached hydrogen (secondary N) is 1. The van der Waals surface area contributed by atoms with Crippen LogP contribution >= 0.6 is 34.5 Å². The van der Waals surface area contributed by atoms with E-state index in [0.29, 0.717) is 15.2 Å². The monoisotopic (exact) mass is 403 g/mol. The number of nitro benzene ring substituents is 1. The second kappa shape index (κ2) is 6.17. The highest BCUT2D eigenvalue weighted by atomic mass is 35.5. The summed E-state index contributed by atoms with van der Waals surface area (Å²) in [5, 5.41) is 11.4. The second-order valence-corrected chi connectivity index (χ2v) is 8.16. The molecule has 0 atom stereocenters. The number of hydrogen-bond acceptors (Lipinski definition) is 6. The van der Waals surface area contributed by atoms with Crippen molar-refractivity contribution in [3.05, 3.63) is 56.6 Å². The van der Waals surface area contributed by atoms with Crippen LogP contribution in [0.4, 0.5) is 10.8 Å². The smallest absolute Gasteiger partial charge is 0.258 e. The summed E-state index contributed by atoms with van der Waals surface area (Å²) < 4.78 is 27.8. The van der Waals surface area contributed by atoms with Gasteiger partial charge in [0.25, 0.3) is 15.7 Å². The number of benzene rings is 2. The van der Waals surface area contributed by atoms with Crippen LogP contribution in [0.25, 0.3) is 10.2 Å². The van der Waals surface area contributed by atoms with E-state index >= 15 is 0 Å². The summed E-state index contributed by atoms with van der Waals surface area (Å²) in [6.07, 6.45) is 0. The first-order valence-electron chi connectivity index (χ1n) is 6.29. The number of fused-ring (bicyclic) bond motifs is 1. The molecule has 1 heterocycles. The van der Waals surface area contributed by atoms with Gasteiger partial charge in [0.1, 0.15) is 5.02 Å². The van der Waals surface area contributed by atoms with Crippen molar-refractivity contribution in [2.75, 3.05) is 4.72 Å². The third-order valence-electron chi connectivity index (χ3n) is 3.00. The Morgan fingerprint density at radius 3 is 2.62 bits per heavy atom. The highest BCUT2D eigenvalue weighted by Gasteiger charge is 2.22. The fourth-order valence-corrected chi connectivity index (χ4v) is 4.50. The molecule has 1 N–H and O–H groups in total. The molecule has 7 nitrogen and oxygen atoms in total. The highest BCUT2D eigenvalue weighted by Crippen LogP contribution is 2.31. The Balaban J connectivity index is 1.98. The van der Waals surface area contributed by atoms with Crippen molar-refractivity contribution in [1.82, 2.24) is 4.98 Å². The van der Waals surface area contributed by atoms with Crippen LogP contribution in [0, 0.1) is 10.1 Å². The van der Waals surface area contributed by atoms with Gasteiger partial charge in [-0.3, -0.25) is 14.8 Å². The van der Waals surface area contributed by atoms with Gasteiger partial charge < -0.3 is 0 Å². The van der Waals surface area contributed by atoms with Gasteiger partial charge in [-0.05, 0) is 30.3 Å². The summed E-state index contributed by atoms with van der Waals surface area (Å²) in [7, 11) is -4.04. The second-order valence-electron chi connectivity index (χ2n) is 4.61. The molecule has 0 spiro atoms. The standard InChI is InChI=1S/C13H7Cl2N3O4S2/c14-7-1-4-10-12(5-7)23-13(16-10)17-24(21,22)8-2-3-9(15)11(6-8)18(19)20/h1-6H,(H,16,17). The minimum atomic E-state index is -4.04. The summed E-state index contributed by atoms with van der Waals surface area (Å²) >= 11 is 12.7. The van der Waals surface area contributed by atoms with E-state index in [1.165, 1.54) is 6.07 Å². The number of rotatable bonds is 4. The number of anilines is 1. The predicted molar refractivity (Wildman–Crippen MR) is 93.5 cm³/mol. The SMILES string of the molecule is O=[N+]([O-])c1cc(S(=O)(=O)Nc2nc3ccc(Cl)cc3s2)ccc1Cl. The largest absolute Gasteiger partial charge is 0.289 e. The molecule has 0 bridgehead atoms. The number of thiazole rings is 1. The molecule has 0 saturated heterocycles. The molecule has 0 saturated carbocycles. The molecular weight excluding hydrogens is 397 g/mol. The Morgan fingerprint density at radius 2 is 1.92 bits per heavy atom. The van der Waals surface area contributed by atoms with E-state index in [-0.39, 0.29) is 15.0 Å². The fraction of sp³-hybridized carbons (Fsp3) is 0. The van der Waals surface area contributed by atoms with Crippen molar-refractivity contribution in [1.29, 1.82) is 0 Å². The Kier molecular flexibility index (Phi) is 4.35. The van der Waals surface area contributed by atoms with Crippen molar-refractivity contribution in [2.45, 2.75) is 4.90 Å². The van der Waals surface area contributed by atoms with Crippen LogP contribution in [0.3, 0.4) is 0 Å². The van der Waals surface area contributed by atoms with Crippen LogP contribution < -0.4 is 4.72 Å². The zero-order valence-corrected chi connectivity index (χ0v) is 14.7. The molecule has 0 fully saturated rings. The summed E-state index contributed by atoms with van der Waals surface area (Å²) in [6.45, 7) is 0. The first-order valence-corrected chi connectivity index (χ1v) is 9.35. The van der Waals surface area contributed by atoms with E-state index in [4.69, 9.17) is 23.2 Å². The van der Waals surface area contributed by atoms with Crippen molar-refractivity contribution < 1.29 is 13.3 Å². The number of halogens is 2. The van der Waals surface area contributed by atoms with Gasteiger partial charge in [-0.2, -0.15) is 0 Å². The third-order valence-corrected chi connectivity index (χ3v) is 5.95. The van der Waals surface area contributed by atoms with E-state index < -0.39 is 20.6 Å². The molecular formula is C13H7Cl2N3O4S2. The van der Waals surface area contributed by atoms with Gasteiger partial charge in [-0.15, -0.1) is 0 Å². The molecule has 0 unspecified atom stereocenters. The van der Waals surface area contributed by atoms with Gasteiger partial charge in [0.2, 0.25) is 0 Å². The van der Waals surface area contributed by atoms with Crippen LogP contribution in [0.1, 0.15) is 0 Å². The maximum Gasteiger partial charge on any atom is 0.289 e. The molecule has 124 valence electrons. The molecule has 0 amide bonds. The average Bonchev–Trinajstić information content (AvgIpc) is 2.87. The summed E-state index contributed by atoms with van der Waals surface area (Å²) in [6, 6.07) is 8.21. The molecule has 3 rings (SSSR count). The lowest BCUT2D eigenvalue weighted by Crippen LogP contribution is -2.13. The maximum atomic E-state index is 12.4. The summed E-state index contributed by atoms with van der Waals surface area (Å²) in [5.41, 5.74) is 0.0970. The molecule has 3 aromatic rings. The normalized spacial score (nSPS) is 11.6. The van der Waals surface area contributed by atoms with E-state index in [0.717, 1.165) is 23.5 Å². The van der Waals surface area contributed by atoms with Gasteiger partial charge in [-0.1, -0.05) is 34.5 Å². The predicted octanol–water partition coefficient (Wildman–Crippen LogP) is 4.31. The Hall–Kier alpha value is -1.94. The zero-order valence-electron chi connectivity index (χ0n) is 11.6. The molecule has 0 aliphatic carbocycles. The van der Waals surface area contributed by atoms with Crippen molar-refractivity contribution in [2.24, 2.45) is 0 Å². The van der Waals surface area contributed by atoms with Gasteiger partial charge in [0, 0.05) is 11.1 Å². The van der Waals surface area contributed by atoms with Gasteiger partial charge in [0.15, 0.2) is 5.13 Å². The van der Waals surface area contributed by atoms with Crippen molar-refractivity contribution >= 4 is 65.6 Å². The first kappa shape index (κ1) is 16.9. The van der Waals surface area contributed by atoms with Gasteiger partial charge >= 0.3 is 0 Å². The van der Waals surface area contributed by atoms with E-state index in [2.05, 4.69) is 9.71 Å². The molecule has 2 aromatic carbocycles. The summed E-state index contributed by atoms with van der Waals surface area (Å²) in [4.78, 5) is 14.0. The fourth-order valence-electron chi connectivity index (χ4n) is 1.92. The number of nitrogens with zero attached hydrogens (tertiary/aromatic N) is 2. The lowest BCUT2D eigenvalue weighted by atomic mass is 10.3. The van der Waals surface area contributed by atoms with Crippen LogP contribution in [0.2, 0.25) is 10.0 Å². The zero-order chi connectivity index (χ0) is 17.5. The maximum absolute atomic E-state index is 12.4. The quantitative estimate of drug-likeness (QED) is 0.516. The van der Waals surface area contributed by atoms with E-state index in [1.54, 1.807) is 18.2 Å². The first-order chi connectivity index (χ1) is 11.3. The van der Waals surface area contributed by atoms with Crippen molar-refractivity contribution in [3.8, 4) is 0 Å². The van der Waals surface area contributed by atoms with E-state index in [9.17, 15) is 18.5 Å². The number of nitro groups is 1. The molecule has 11 heteroatoms. The van der Waals surface area contributed by atoms with Crippen LogP contribution in [-0.2, 0) is 10.0 Å². The Morgan fingerprint density at radius 1 is 1.17 bits per heavy atom. The number of sulfonamides is 1. The molecule has 0 aliphatic heterocycles. The molecule has 1 aromatic heterocycles. The lowest BCUT2D eigenvalue weighted by Gasteiger charge is -2.05. The Labute approximate surface area is 150 Å². The lowest BCUT2D eigenvalue weighted by molar-refractivity contribution is -0.384. The van der Waals surface area contributed by atoms with E-state index in [1.807, 2.05) is 0 Å². The van der Waals surface area contributed by atoms with Gasteiger partial charge in [0.05, 0.1) is 20.0 Å². The molecule has 0 radical (unpaired) electrons. The van der Waals surface area contributed by atoms with Crippen LogP contribution in [0.15, 0.2) is 41.3 Å². The topological polar surface area (TPSA) is 102 Å².